The highest BCUT2D eigenvalue weighted by Crippen LogP contribution is 2.32. The molecular formula is C13H15N3S. The highest BCUT2D eigenvalue weighted by atomic mass is 32.1. The number of nitrogen functional groups attached to an aromatic ring is 1. The van der Waals surface area contributed by atoms with Gasteiger partial charge in [0.25, 0.3) is 0 Å². The molecule has 2 heterocycles. The Morgan fingerprint density at radius 1 is 1.35 bits per heavy atom. The number of nitrogens with zero attached hydrogens (tertiary/aromatic N) is 2. The normalized spacial score (nSPS) is 14.8. The largest absolute Gasteiger partial charge is 0.384 e. The first kappa shape index (κ1) is 10.6. The van der Waals surface area contributed by atoms with Gasteiger partial charge in [-0.15, -0.1) is 0 Å². The second-order valence-electron chi connectivity index (χ2n) is 4.41. The summed E-state index contributed by atoms with van der Waals surface area (Å²) in [4.78, 5) is 6.78. The predicted molar refractivity (Wildman–Crippen MR) is 72.2 cm³/mol. The summed E-state index contributed by atoms with van der Waals surface area (Å²) in [6.07, 6.45) is 2.53. The van der Waals surface area contributed by atoms with Crippen molar-refractivity contribution in [3.63, 3.8) is 0 Å². The quantitative estimate of drug-likeness (QED) is 0.900. The third-order valence-corrected chi connectivity index (χ3v) is 3.70. The van der Waals surface area contributed by atoms with Crippen LogP contribution in [0, 0.1) is 0 Å². The molecule has 17 heavy (non-hydrogen) atoms. The van der Waals surface area contributed by atoms with Gasteiger partial charge < -0.3 is 10.6 Å². The van der Waals surface area contributed by atoms with Crippen molar-refractivity contribution in [2.75, 3.05) is 10.6 Å². The van der Waals surface area contributed by atoms with Gasteiger partial charge >= 0.3 is 0 Å². The zero-order valence-electron chi connectivity index (χ0n) is 9.54. The third-order valence-electron chi connectivity index (χ3n) is 2.97. The number of aromatic nitrogens is 1. The highest BCUT2D eigenvalue weighted by molar-refractivity contribution is 7.07. The van der Waals surface area contributed by atoms with Gasteiger partial charge in [-0.2, -0.15) is 11.3 Å². The number of anilines is 2. The molecule has 2 aromatic heterocycles. The monoisotopic (exact) mass is 245 g/mol. The highest BCUT2D eigenvalue weighted by Gasteiger charge is 2.30. The Labute approximate surface area is 105 Å². The first-order chi connectivity index (χ1) is 8.33. The van der Waals surface area contributed by atoms with Crippen LogP contribution >= 0.6 is 11.3 Å². The lowest BCUT2D eigenvalue weighted by molar-refractivity contribution is 0.781. The van der Waals surface area contributed by atoms with E-state index in [-0.39, 0.29) is 0 Å². The fraction of sp³-hybridized carbons (Fsp3) is 0.308. The Hall–Kier alpha value is -1.55. The van der Waals surface area contributed by atoms with Gasteiger partial charge in [0.15, 0.2) is 0 Å². The molecule has 0 amide bonds. The fourth-order valence-corrected chi connectivity index (χ4v) is 2.62. The van der Waals surface area contributed by atoms with E-state index in [1.165, 1.54) is 18.4 Å². The summed E-state index contributed by atoms with van der Waals surface area (Å²) in [5.74, 6) is 1.59. The number of pyridine rings is 1. The molecular weight excluding hydrogens is 230 g/mol. The molecule has 0 bridgehead atoms. The van der Waals surface area contributed by atoms with Gasteiger partial charge in [0.2, 0.25) is 0 Å². The number of rotatable bonds is 4. The van der Waals surface area contributed by atoms with Crippen molar-refractivity contribution in [1.82, 2.24) is 4.98 Å². The lowest BCUT2D eigenvalue weighted by Gasteiger charge is -2.23. The number of thiophene rings is 1. The second-order valence-corrected chi connectivity index (χ2v) is 5.19. The van der Waals surface area contributed by atoms with Crippen LogP contribution in [0.3, 0.4) is 0 Å². The van der Waals surface area contributed by atoms with Gasteiger partial charge in [0, 0.05) is 12.6 Å². The van der Waals surface area contributed by atoms with E-state index in [9.17, 15) is 0 Å². The maximum atomic E-state index is 5.75. The SMILES string of the molecule is Nc1cccc(N(Cc2ccsc2)C2CC2)n1. The lowest BCUT2D eigenvalue weighted by atomic mass is 10.3. The Morgan fingerprint density at radius 3 is 2.88 bits per heavy atom. The molecule has 2 aromatic rings. The van der Waals surface area contributed by atoms with Crippen LogP contribution in [-0.2, 0) is 6.54 Å². The molecule has 3 rings (SSSR count). The van der Waals surface area contributed by atoms with E-state index >= 15 is 0 Å². The van der Waals surface area contributed by atoms with Gasteiger partial charge in [0.05, 0.1) is 0 Å². The van der Waals surface area contributed by atoms with Crippen molar-refractivity contribution in [3.8, 4) is 0 Å². The van der Waals surface area contributed by atoms with Gasteiger partial charge in [0.1, 0.15) is 11.6 Å². The van der Waals surface area contributed by atoms with Crippen LogP contribution in [0.5, 0.6) is 0 Å². The maximum absolute atomic E-state index is 5.75. The minimum absolute atomic E-state index is 0.596. The van der Waals surface area contributed by atoms with Gasteiger partial charge in [-0.1, -0.05) is 6.07 Å². The van der Waals surface area contributed by atoms with E-state index in [4.69, 9.17) is 5.73 Å². The smallest absolute Gasteiger partial charge is 0.131 e. The third kappa shape index (κ3) is 2.42. The Balaban J connectivity index is 1.85. The van der Waals surface area contributed by atoms with E-state index in [0.717, 1.165) is 12.4 Å². The van der Waals surface area contributed by atoms with Gasteiger partial charge in [-0.05, 0) is 47.4 Å². The lowest BCUT2D eigenvalue weighted by Crippen LogP contribution is -2.25. The Morgan fingerprint density at radius 2 is 2.24 bits per heavy atom. The van der Waals surface area contributed by atoms with Crippen molar-refractivity contribution >= 4 is 23.0 Å². The molecule has 0 saturated heterocycles. The van der Waals surface area contributed by atoms with Crippen LogP contribution in [0.25, 0.3) is 0 Å². The summed E-state index contributed by atoms with van der Waals surface area (Å²) in [6.45, 7) is 0.935. The summed E-state index contributed by atoms with van der Waals surface area (Å²) in [7, 11) is 0. The van der Waals surface area contributed by atoms with E-state index in [0.29, 0.717) is 11.9 Å². The summed E-state index contributed by atoms with van der Waals surface area (Å²) in [6, 6.07) is 8.66. The average molecular weight is 245 g/mol. The second kappa shape index (κ2) is 4.37. The Bertz CT molecular complexity index is 491. The minimum Gasteiger partial charge on any atom is -0.384 e. The zero-order chi connectivity index (χ0) is 11.7. The molecule has 2 N–H and O–H groups in total. The molecule has 1 saturated carbocycles. The van der Waals surface area contributed by atoms with Crippen LogP contribution in [0.2, 0.25) is 0 Å². The molecule has 1 fully saturated rings. The molecule has 88 valence electrons. The topological polar surface area (TPSA) is 42.1 Å². The van der Waals surface area contributed by atoms with Gasteiger partial charge in [-0.3, -0.25) is 0 Å². The van der Waals surface area contributed by atoms with Crippen LogP contribution in [0.1, 0.15) is 18.4 Å². The summed E-state index contributed by atoms with van der Waals surface area (Å²) >= 11 is 1.74. The molecule has 1 aliphatic carbocycles. The maximum Gasteiger partial charge on any atom is 0.131 e. The first-order valence-corrected chi connectivity index (χ1v) is 6.77. The zero-order valence-corrected chi connectivity index (χ0v) is 10.4. The van der Waals surface area contributed by atoms with E-state index in [1.807, 2.05) is 18.2 Å². The first-order valence-electron chi connectivity index (χ1n) is 5.83. The van der Waals surface area contributed by atoms with E-state index in [2.05, 4.69) is 26.7 Å². The molecule has 1 aliphatic rings. The average Bonchev–Trinajstić information content (AvgIpc) is 3.03. The molecule has 0 aliphatic heterocycles. The molecule has 0 unspecified atom stereocenters. The summed E-state index contributed by atoms with van der Waals surface area (Å²) < 4.78 is 0. The van der Waals surface area contributed by atoms with E-state index in [1.54, 1.807) is 11.3 Å². The van der Waals surface area contributed by atoms with Crippen LogP contribution in [-0.4, -0.2) is 11.0 Å². The van der Waals surface area contributed by atoms with Crippen molar-refractivity contribution < 1.29 is 0 Å². The molecule has 0 radical (unpaired) electrons. The molecule has 0 atom stereocenters. The molecule has 0 spiro atoms. The van der Waals surface area contributed by atoms with Crippen LogP contribution < -0.4 is 10.6 Å². The predicted octanol–water partition coefficient (Wildman–Crippen LogP) is 2.89. The van der Waals surface area contributed by atoms with Crippen molar-refractivity contribution in [2.45, 2.75) is 25.4 Å². The van der Waals surface area contributed by atoms with Crippen molar-refractivity contribution in [3.05, 3.63) is 40.6 Å². The summed E-state index contributed by atoms with van der Waals surface area (Å²) in [5.41, 5.74) is 7.11. The molecule has 0 aromatic carbocycles. The van der Waals surface area contributed by atoms with E-state index < -0.39 is 0 Å². The standard InChI is InChI=1S/C13H15N3S/c14-12-2-1-3-13(15-12)16(11-4-5-11)8-10-6-7-17-9-10/h1-3,6-7,9,11H,4-5,8H2,(H2,14,15). The van der Waals surface area contributed by atoms with Crippen LogP contribution in [0.15, 0.2) is 35.0 Å². The Kier molecular flexibility index (Phi) is 2.73. The number of nitrogens with two attached hydrogens (primary N) is 1. The fourth-order valence-electron chi connectivity index (χ4n) is 1.96. The van der Waals surface area contributed by atoms with Gasteiger partial charge in [-0.25, -0.2) is 4.98 Å². The number of hydrogen-bond acceptors (Lipinski definition) is 4. The summed E-state index contributed by atoms with van der Waals surface area (Å²) in [5, 5.41) is 4.31. The number of hydrogen-bond donors (Lipinski definition) is 1. The molecule has 3 nitrogen and oxygen atoms in total. The minimum atomic E-state index is 0.596. The van der Waals surface area contributed by atoms with Crippen molar-refractivity contribution in [2.24, 2.45) is 0 Å². The van der Waals surface area contributed by atoms with Crippen molar-refractivity contribution in [1.29, 1.82) is 0 Å². The van der Waals surface area contributed by atoms with Crippen LogP contribution in [0.4, 0.5) is 11.6 Å². The molecule has 4 heteroatoms.